The zero-order chi connectivity index (χ0) is 12.9. The van der Waals surface area contributed by atoms with Crippen LogP contribution < -0.4 is 5.32 Å². The zero-order valence-electron chi connectivity index (χ0n) is 10.2. The number of anilines is 1. The largest absolute Gasteiger partial charge is 0.375 e. The van der Waals surface area contributed by atoms with Gasteiger partial charge in [0.1, 0.15) is 11.6 Å². The van der Waals surface area contributed by atoms with Crippen molar-refractivity contribution in [1.29, 1.82) is 0 Å². The number of hydrogen-bond donors (Lipinski definition) is 1. The Kier molecular flexibility index (Phi) is 2.63. The van der Waals surface area contributed by atoms with Crippen molar-refractivity contribution in [3.8, 4) is 0 Å². The van der Waals surface area contributed by atoms with E-state index in [1.807, 2.05) is 0 Å². The van der Waals surface area contributed by atoms with Crippen LogP contribution in [-0.2, 0) is 6.42 Å². The predicted octanol–water partition coefficient (Wildman–Crippen LogP) is 4.35. The lowest BCUT2D eigenvalue weighted by molar-refractivity contribution is 0.585. The summed E-state index contributed by atoms with van der Waals surface area (Å²) in [4.78, 5) is 2.48. The highest BCUT2D eigenvalue weighted by Gasteiger charge is 2.27. The first-order valence-corrected chi connectivity index (χ1v) is 6.67. The summed E-state index contributed by atoms with van der Waals surface area (Å²) < 4.78 is 26.8. The molecular weight excluding hydrogens is 252 g/mol. The van der Waals surface area contributed by atoms with Crippen LogP contribution in [0.2, 0.25) is 0 Å². The van der Waals surface area contributed by atoms with Gasteiger partial charge in [-0.2, -0.15) is 0 Å². The third-order valence-electron chi connectivity index (χ3n) is 3.33. The van der Waals surface area contributed by atoms with Crippen molar-refractivity contribution in [3.63, 3.8) is 0 Å². The molecule has 3 rings (SSSR count). The maximum atomic E-state index is 13.6. The van der Waals surface area contributed by atoms with Gasteiger partial charge in [-0.05, 0) is 43.5 Å². The molecule has 0 saturated carbocycles. The molecule has 1 aromatic heterocycles. The second-order valence-corrected chi connectivity index (χ2v) is 6.15. The fourth-order valence-electron chi connectivity index (χ4n) is 2.58. The van der Waals surface area contributed by atoms with Gasteiger partial charge in [0.2, 0.25) is 0 Å². The van der Waals surface area contributed by atoms with Crippen molar-refractivity contribution in [2.45, 2.75) is 26.3 Å². The van der Waals surface area contributed by atoms with Crippen molar-refractivity contribution in [3.05, 3.63) is 50.7 Å². The normalized spacial score (nSPS) is 17.7. The number of rotatable bonds is 1. The van der Waals surface area contributed by atoms with E-state index < -0.39 is 11.6 Å². The van der Waals surface area contributed by atoms with E-state index in [1.165, 1.54) is 21.4 Å². The molecule has 0 fully saturated rings. The second kappa shape index (κ2) is 4.05. The number of fused-ring (bicyclic) bond motifs is 1. The molecule has 4 heteroatoms. The molecule has 1 N–H and O–H groups in total. The lowest BCUT2D eigenvalue weighted by Crippen LogP contribution is -2.06. The molecule has 1 aliphatic rings. The molecule has 1 atom stereocenters. The maximum Gasteiger partial charge on any atom is 0.149 e. The van der Waals surface area contributed by atoms with Gasteiger partial charge in [0.25, 0.3) is 0 Å². The van der Waals surface area contributed by atoms with E-state index >= 15 is 0 Å². The van der Waals surface area contributed by atoms with Crippen LogP contribution in [-0.4, -0.2) is 0 Å². The van der Waals surface area contributed by atoms with E-state index in [0.717, 1.165) is 11.6 Å². The van der Waals surface area contributed by atoms with Crippen LogP contribution in [0, 0.1) is 25.5 Å². The van der Waals surface area contributed by atoms with Gasteiger partial charge in [-0.25, -0.2) is 8.78 Å². The van der Waals surface area contributed by atoms with Crippen LogP contribution in [0.25, 0.3) is 0 Å². The summed E-state index contributed by atoms with van der Waals surface area (Å²) in [6, 6.07) is 4.53. The highest BCUT2D eigenvalue weighted by atomic mass is 32.1. The Labute approximate surface area is 108 Å². The Morgan fingerprint density at radius 2 is 2.00 bits per heavy atom. The Balaban J connectivity index is 1.98. The summed E-state index contributed by atoms with van der Waals surface area (Å²) in [6.07, 6.45) is 0.640. The Bertz CT molecular complexity index is 618. The smallest absolute Gasteiger partial charge is 0.149 e. The number of thiophene rings is 1. The van der Waals surface area contributed by atoms with Gasteiger partial charge in [0.05, 0.1) is 11.7 Å². The van der Waals surface area contributed by atoms with E-state index in [0.29, 0.717) is 12.1 Å². The van der Waals surface area contributed by atoms with Gasteiger partial charge in [-0.15, -0.1) is 11.3 Å². The van der Waals surface area contributed by atoms with E-state index in [4.69, 9.17) is 0 Å². The monoisotopic (exact) mass is 265 g/mol. The summed E-state index contributed by atoms with van der Waals surface area (Å²) in [5.41, 5.74) is 2.36. The topological polar surface area (TPSA) is 12.0 Å². The molecule has 18 heavy (non-hydrogen) atoms. The first kappa shape index (κ1) is 11.7. The highest BCUT2D eigenvalue weighted by Crippen LogP contribution is 2.39. The molecule has 0 saturated heterocycles. The number of aryl methyl sites for hydroxylation is 2. The summed E-state index contributed by atoms with van der Waals surface area (Å²) in [5, 5.41) is 3.17. The predicted molar refractivity (Wildman–Crippen MR) is 70.2 cm³/mol. The van der Waals surface area contributed by atoms with Gasteiger partial charge in [0, 0.05) is 15.8 Å². The van der Waals surface area contributed by atoms with E-state index in [-0.39, 0.29) is 6.04 Å². The molecule has 0 radical (unpaired) electrons. The van der Waals surface area contributed by atoms with Gasteiger partial charge >= 0.3 is 0 Å². The summed E-state index contributed by atoms with van der Waals surface area (Å²) in [7, 11) is 0. The van der Waals surface area contributed by atoms with Crippen molar-refractivity contribution >= 4 is 17.0 Å². The zero-order valence-corrected chi connectivity index (χ0v) is 11.0. The first-order valence-electron chi connectivity index (χ1n) is 5.86. The van der Waals surface area contributed by atoms with Crippen LogP contribution in [0.5, 0.6) is 0 Å². The molecule has 94 valence electrons. The van der Waals surface area contributed by atoms with Gasteiger partial charge in [-0.3, -0.25) is 0 Å². The molecule has 0 spiro atoms. The SMILES string of the molecule is Cc1cc(C2Cc3cc(F)cc(F)c3N2)c(C)s1. The van der Waals surface area contributed by atoms with Crippen molar-refractivity contribution in [2.75, 3.05) is 5.32 Å². The number of halogens is 2. The van der Waals surface area contributed by atoms with E-state index in [9.17, 15) is 8.78 Å². The van der Waals surface area contributed by atoms with Crippen molar-refractivity contribution in [2.24, 2.45) is 0 Å². The van der Waals surface area contributed by atoms with Crippen molar-refractivity contribution < 1.29 is 8.78 Å². The Hall–Kier alpha value is -1.42. The fourth-order valence-corrected chi connectivity index (χ4v) is 3.57. The summed E-state index contributed by atoms with van der Waals surface area (Å²) >= 11 is 1.73. The quantitative estimate of drug-likeness (QED) is 0.808. The van der Waals surface area contributed by atoms with Crippen LogP contribution in [0.1, 0.15) is 26.9 Å². The molecule has 0 bridgehead atoms. The minimum atomic E-state index is -0.507. The van der Waals surface area contributed by atoms with Crippen LogP contribution >= 0.6 is 11.3 Å². The molecule has 0 aliphatic carbocycles. The molecule has 1 aromatic carbocycles. The Morgan fingerprint density at radius 3 is 2.67 bits per heavy atom. The highest BCUT2D eigenvalue weighted by molar-refractivity contribution is 7.12. The lowest BCUT2D eigenvalue weighted by atomic mass is 10.0. The minimum Gasteiger partial charge on any atom is -0.375 e. The first-order chi connectivity index (χ1) is 8.54. The second-order valence-electron chi connectivity index (χ2n) is 4.69. The molecule has 0 amide bonds. The van der Waals surface area contributed by atoms with Crippen LogP contribution in [0.4, 0.5) is 14.5 Å². The third-order valence-corrected chi connectivity index (χ3v) is 4.32. The molecular formula is C14H13F2NS. The molecule has 1 aliphatic heterocycles. The minimum absolute atomic E-state index is 0.0567. The van der Waals surface area contributed by atoms with Crippen molar-refractivity contribution in [1.82, 2.24) is 0 Å². The summed E-state index contributed by atoms with van der Waals surface area (Å²) in [6.45, 7) is 4.12. The number of nitrogens with one attached hydrogen (secondary N) is 1. The molecule has 2 aromatic rings. The van der Waals surface area contributed by atoms with Crippen LogP contribution in [0.3, 0.4) is 0 Å². The fraction of sp³-hybridized carbons (Fsp3) is 0.286. The summed E-state index contributed by atoms with van der Waals surface area (Å²) in [5.74, 6) is -1.01. The third kappa shape index (κ3) is 1.81. The molecule has 1 unspecified atom stereocenters. The standard InChI is InChI=1S/C14H13F2NS/c1-7-3-11(8(2)18-7)13-5-9-4-10(15)6-12(16)14(9)17-13/h3-4,6,13,17H,5H2,1-2H3. The average molecular weight is 265 g/mol. The van der Waals surface area contributed by atoms with E-state index in [1.54, 1.807) is 11.3 Å². The van der Waals surface area contributed by atoms with Gasteiger partial charge in [-0.1, -0.05) is 0 Å². The molecule has 1 nitrogen and oxygen atoms in total. The van der Waals surface area contributed by atoms with Gasteiger partial charge < -0.3 is 5.32 Å². The lowest BCUT2D eigenvalue weighted by Gasteiger charge is -2.10. The van der Waals surface area contributed by atoms with Crippen LogP contribution in [0.15, 0.2) is 18.2 Å². The molecule has 2 heterocycles. The van der Waals surface area contributed by atoms with Gasteiger partial charge in [0.15, 0.2) is 0 Å². The maximum absolute atomic E-state index is 13.6. The number of benzene rings is 1. The van der Waals surface area contributed by atoms with E-state index in [2.05, 4.69) is 25.2 Å². The number of hydrogen-bond acceptors (Lipinski definition) is 2. The average Bonchev–Trinajstić information content (AvgIpc) is 2.81. The Morgan fingerprint density at radius 1 is 1.22 bits per heavy atom.